The molecule has 0 unspecified atom stereocenters. The van der Waals surface area contributed by atoms with Crippen molar-refractivity contribution >= 4 is 54.8 Å². The highest BCUT2D eigenvalue weighted by molar-refractivity contribution is 9.10. The van der Waals surface area contributed by atoms with Crippen molar-refractivity contribution in [3.05, 3.63) is 43.5 Å². The normalized spacial score (nSPS) is 14.2. The van der Waals surface area contributed by atoms with E-state index in [9.17, 15) is 4.79 Å². The lowest BCUT2D eigenvalue weighted by Gasteiger charge is -2.29. The Labute approximate surface area is 131 Å². The van der Waals surface area contributed by atoms with E-state index in [1.54, 1.807) is 16.2 Å². The standard InChI is InChI=1S/C13H9Br2NO2S/c14-8-1-2-12-11(4-8)16(13(17)6-18-12)5-10-3-9(15)7-19-10/h1-4,7H,5-6H2. The van der Waals surface area contributed by atoms with Crippen molar-refractivity contribution in [3.63, 3.8) is 0 Å². The second-order valence-corrected chi connectivity index (χ2v) is 6.94. The van der Waals surface area contributed by atoms with Gasteiger partial charge in [0.15, 0.2) is 6.61 Å². The van der Waals surface area contributed by atoms with Gasteiger partial charge in [-0.15, -0.1) is 11.3 Å². The molecule has 6 heteroatoms. The van der Waals surface area contributed by atoms with Gasteiger partial charge in [-0.1, -0.05) is 15.9 Å². The molecule has 0 saturated heterocycles. The summed E-state index contributed by atoms with van der Waals surface area (Å²) in [4.78, 5) is 15.0. The number of hydrogen-bond donors (Lipinski definition) is 0. The minimum absolute atomic E-state index is 0.0184. The van der Waals surface area contributed by atoms with Gasteiger partial charge in [-0.25, -0.2) is 0 Å². The van der Waals surface area contributed by atoms with Crippen molar-refractivity contribution in [2.75, 3.05) is 11.5 Å². The average Bonchev–Trinajstić information content (AvgIpc) is 2.79. The van der Waals surface area contributed by atoms with Crippen LogP contribution in [0.25, 0.3) is 0 Å². The molecule has 1 amide bonds. The van der Waals surface area contributed by atoms with E-state index >= 15 is 0 Å². The Bertz CT molecular complexity index is 641. The summed E-state index contributed by atoms with van der Waals surface area (Å²) in [5, 5.41) is 2.02. The van der Waals surface area contributed by atoms with Crippen LogP contribution in [0.3, 0.4) is 0 Å². The van der Waals surface area contributed by atoms with Crippen LogP contribution in [-0.4, -0.2) is 12.5 Å². The molecular weight excluding hydrogens is 394 g/mol. The number of carbonyl (C=O) groups is 1. The highest BCUT2D eigenvalue weighted by Gasteiger charge is 2.26. The van der Waals surface area contributed by atoms with Crippen LogP contribution in [0.5, 0.6) is 5.75 Å². The van der Waals surface area contributed by atoms with Gasteiger partial charge in [-0.05, 0) is 40.2 Å². The third kappa shape index (κ3) is 2.70. The van der Waals surface area contributed by atoms with E-state index in [0.29, 0.717) is 6.54 Å². The maximum absolute atomic E-state index is 12.1. The summed E-state index contributed by atoms with van der Waals surface area (Å²) in [6, 6.07) is 7.73. The van der Waals surface area contributed by atoms with E-state index in [4.69, 9.17) is 4.74 Å². The Morgan fingerprint density at radius 1 is 1.26 bits per heavy atom. The van der Waals surface area contributed by atoms with Crippen LogP contribution in [0, 0.1) is 0 Å². The number of carbonyl (C=O) groups excluding carboxylic acids is 1. The van der Waals surface area contributed by atoms with E-state index in [-0.39, 0.29) is 12.5 Å². The monoisotopic (exact) mass is 401 g/mol. The molecule has 0 aliphatic carbocycles. The zero-order valence-corrected chi connectivity index (χ0v) is 13.7. The molecule has 0 saturated carbocycles. The molecule has 0 radical (unpaired) electrons. The average molecular weight is 403 g/mol. The van der Waals surface area contributed by atoms with Gasteiger partial charge in [-0.2, -0.15) is 0 Å². The molecule has 1 aromatic carbocycles. The number of fused-ring (bicyclic) bond motifs is 1. The van der Waals surface area contributed by atoms with Crippen LogP contribution < -0.4 is 9.64 Å². The van der Waals surface area contributed by atoms with E-state index in [2.05, 4.69) is 31.9 Å². The fourth-order valence-corrected chi connectivity index (χ4v) is 3.73. The van der Waals surface area contributed by atoms with Crippen LogP contribution in [0.15, 0.2) is 38.6 Å². The van der Waals surface area contributed by atoms with Crippen LogP contribution in [-0.2, 0) is 11.3 Å². The van der Waals surface area contributed by atoms with E-state index in [1.807, 2.05) is 29.6 Å². The van der Waals surface area contributed by atoms with E-state index in [0.717, 1.165) is 25.3 Å². The number of ether oxygens (including phenoxy) is 1. The summed E-state index contributed by atoms with van der Waals surface area (Å²) in [5.41, 5.74) is 0.815. The Kier molecular flexibility index (Phi) is 3.64. The highest BCUT2D eigenvalue weighted by Crippen LogP contribution is 2.36. The molecule has 2 aromatic rings. The lowest BCUT2D eigenvalue weighted by Crippen LogP contribution is -2.38. The van der Waals surface area contributed by atoms with Gasteiger partial charge in [0.25, 0.3) is 5.91 Å². The van der Waals surface area contributed by atoms with Crippen molar-refractivity contribution in [1.29, 1.82) is 0 Å². The van der Waals surface area contributed by atoms with Gasteiger partial charge in [0.2, 0.25) is 0 Å². The minimum atomic E-state index is -0.0184. The number of rotatable bonds is 2. The van der Waals surface area contributed by atoms with Crippen molar-refractivity contribution < 1.29 is 9.53 Å². The highest BCUT2D eigenvalue weighted by atomic mass is 79.9. The van der Waals surface area contributed by atoms with Crippen molar-refractivity contribution in [2.45, 2.75) is 6.54 Å². The topological polar surface area (TPSA) is 29.5 Å². The molecule has 0 N–H and O–H groups in total. The van der Waals surface area contributed by atoms with Gasteiger partial charge in [0.1, 0.15) is 5.75 Å². The van der Waals surface area contributed by atoms with E-state index in [1.165, 1.54) is 0 Å². The third-order valence-electron chi connectivity index (χ3n) is 2.80. The van der Waals surface area contributed by atoms with E-state index < -0.39 is 0 Å². The lowest BCUT2D eigenvalue weighted by molar-refractivity contribution is -0.121. The van der Waals surface area contributed by atoms with Crippen molar-refractivity contribution in [1.82, 2.24) is 0 Å². The molecule has 2 heterocycles. The molecule has 0 bridgehead atoms. The molecular formula is C13H9Br2NO2S. The third-order valence-corrected chi connectivity index (χ3v) is 4.98. The molecule has 98 valence electrons. The molecule has 1 aromatic heterocycles. The number of thiophene rings is 1. The molecule has 3 rings (SSSR count). The van der Waals surface area contributed by atoms with Crippen LogP contribution in [0.4, 0.5) is 5.69 Å². The Morgan fingerprint density at radius 3 is 2.84 bits per heavy atom. The van der Waals surface area contributed by atoms with Gasteiger partial charge in [0, 0.05) is 19.2 Å². The van der Waals surface area contributed by atoms with Gasteiger partial charge >= 0.3 is 0 Å². The number of anilines is 1. The van der Waals surface area contributed by atoms with Gasteiger partial charge in [-0.3, -0.25) is 4.79 Å². The fraction of sp³-hybridized carbons (Fsp3) is 0.154. The molecule has 1 aliphatic rings. The second-order valence-electron chi connectivity index (χ2n) is 4.11. The van der Waals surface area contributed by atoms with Gasteiger partial charge < -0.3 is 9.64 Å². The summed E-state index contributed by atoms with van der Waals surface area (Å²) in [6.07, 6.45) is 0. The zero-order chi connectivity index (χ0) is 13.4. The summed E-state index contributed by atoms with van der Waals surface area (Å²) >= 11 is 8.49. The lowest BCUT2D eigenvalue weighted by atomic mass is 10.2. The van der Waals surface area contributed by atoms with Crippen molar-refractivity contribution in [2.24, 2.45) is 0 Å². The Morgan fingerprint density at radius 2 is 2.11 bits per heavy atom. The fourth-order valence-electron chi connectivity index (χ4n) is 1.94. The number of nitrogens with zero attached hydrogens (tertiary/aromatic N) is 1. The minimum Gasteiger partial charge on any atom is -0.482 e. The summed E-state index contributed by atoms with van der Waals surface area (Å²) < 4.78 is 7.42. The predicted octanol–water partition coefficient (Wildman–Crippen LogP) is 4.20. The molecule has 0 atom stereocenters. The predicted molar refractivity (Wildman–Crippen MR) is 82.8 cm³/mol. The van der Waals surface area contributed by atoms with Crippen LogP contribution in [0.1, 0.15) is 4.88 Å². The molecule has 19 heavy (non-hydrogen) atoms. The summed E-state index contributed by atoms with van der Waals surface area (Å²) in [7, 11) is 0. The number of hydrogen-bond acceptors (Lipinski definition) is 3. The SMILES string of the molecule is O=C1COc2ccc(Br)cc2N1Cc1cc(Br)cs1. The molecule has 0 fully saturated rings. The second kappa shape index (κ2) is 5.26. The number of benzene rings is 1. The first-order valence-electron chi connectivity index (χ1n) is 5.59. The zero-order valence-electron chi connectivity index (χ0n) is 9.73. The number of amides is 1. The largest absolute Gasteiger partial charge is 0.482 e. The molecule has 1 aliphatic heterocycles. The quantitative estimate of drug-likeness (QED) is 0.753. The maximum atomic E-state index is 12.1. The summed E-state index contributed by atoms with van der Waals surface area (Å²) in [5.74, 6) is 0.730. The first-order valence-corrected chi connectivity index (χ1v) is 8.05. The first-order chi connectivity index (χ1) is 9.13. The number of halogens is 2. The van der Waals surface area contributed by atoms with Gasteiger partial charge in [0.05, 0.1) is 12.2 Å². The van der Waals surface area contributed by atoms with Crippen LogP contribution in [0.2, 0.25) is 0 Å². The summed E-state index contributed by atoms with van der Waals surface area (Å²) in [6.45, 7) is 0.670. The van der Waals surface area contributed by atoms with Crippen molar-refractivity contribution in [3.8, 4) is 5.75 Å². The first kappa shape index (κ1) is 13.1. The molecule has 3 nitrogen and oxygen atoms in total. The maximum Gasteiger partial charge on any atom is 0.265 e. The van der Waals surface area contributed by atoms with Crippen LogP contribution >= 0.6 is 43.2 Å². The Hall–Kier alpha value is -0.850. The smallest absolute Gasteiger partial charge is 0.265 e. The molecule has 0 spiro atoms. The Balaban J connectivity index is 1.96.